The van der Waals surface area contributed by atoms with Gasteiger partial charge in [-0.15, -0.1) is 0 Å². The zero-order chi connectivity index (χ0) is 12.0. The summed E-state index contributed by atoms with van der Waals surface area (Å²) in [7, 11) is 1.39. The standard InChI is InChI=1S/C13H18O3/c1-10(13(14)15-3)11(2)16-9-12-7-5-4-6-8-12/h4-8,10-11H,9H2,1-3H3. The molecule has 1 aromatic carbocycles. The fourth-order valence-electron chi connectivity index (χ4n) is 1.32. The molecule has 0 bridgehead atoms. The van der Waals surface area contributed by atoms with E-state index in [2.05, 4.69) is 4.74 Å². The molecule has 0 amide bonds. The van der Waals surface area contributed by atoms with Gasteiger partial charge in [-0.3, -0.25) is 4.79 Å². The Bertz CT molecular complexity index is 321. The highest BCUT2D eigenvalue weighted by Crippen LogP contribution is 2.11. The van der Waals surface area contributed by atoms with Crippen molar-refractivity contribution in [2.45, 2.75) is 26.6 Å². The van der Waals surface area contributed by atoms with E-state index in [1.165, 1.54) is 7.11 Å². The third-order valence-electron chi connectivity index (χ3n) is 2.63. The fraction of sp³-hybridized carbons (Fsp3) is 0.462. The van der Waals surface area contributed by atoms with Crippen LogP contribution in [0.3, 0.4) is 0 Å². The molecule has 0 saturated carbocycles. The van der Waals surface area contributed by atoms with Gasteiger partial charge in [-0.2, -0.15) is 0 Å². The Hall–Kier alpha value is -1.35. The van der Waals surface area contributed by atoms with Crippen molar-refractivity contribution in [3.8, 4) is 0 Å². The molecule has 0 spiro atoms. The van der Waals surface area contributed by atoms with E-state index in [1.54, 1.807) is 0 Å². The molecule has 0 aliphatic rings. The second-order valence-corrected chi connectivity index (χ2v) is 3.81. The van der Waals surface area contributed by atoms with E-state index in [1.807, 2.05) is 44.2 Å². The van der Waals surface area contributed by atoms with Crippen LogP contribution in [-0.4, -0.2) is 19.2 Å². The Kier molecular flexibility index (Phi) is 4.99. The van der Waals surface area contributed by atoms with E-state index in [4.69, 9.17) is 4.74 Å². The number of rotatable bonds is 5. The van der Waals surface area contributed by atoms with E-state index < -0.39 is 0 Å². The topological polar surface area (TPSA) is 35.5 Å². The second kappa shape index (κ2) is 6.28. The first-order chi connectivity index (χ1) is 7.65. The number of hydrogen-bond acceptors (Lipinski definition) is 3. The summed E-state index contributed by atoms with van der Waals surface area (Å²) in [6, 6.07) is 9.88. The Morgan fingerprint density at radius 3 is 2.44 bits per heavy atom. The van der Waals surface area contributed by atoms with Crippen LogP contribution in [0.15, 0.2) is 30.3 Å². The Labute approximate surface area is 96.4 Å². The summed E-state index contributed by atoms with van der Waals surface area (Å²) in [5.74, 6) is -0.478. The first-order valence-corrected chi connectivity index (χ1v) is 5.38. The van der Waals surface area contributed by atoms with Crippen molar-refractivity contribution in [1.29, 1.82) is 0 Å². The number of methoxy groups -OCH3 is 1. The van der Waals surface area contributed by atoms with Gasteiger partial charge in [0.05, 0.1) is 25.7 Å². The quantitative estimate of drug-likeness (QED) is 0.718. The minimum absolute atomic E-state index is 0.146. The molecule has 0 aliphatic heterocycles. The van der Waals surface area contributed by atoms with Crippen LogP contribution in [0.5, 0.6) is 0 Å². The monoisotopic (exact) mass is 222 g/mol. The first kappa shape index (κ1) is 12.7. The number of esters is 1. The van der Waals surface area contributed by atoms with Crippen molar-refractivity contribution in [1.82, 2.24) is 0 Å². The van der Waals surface area contributed by atoms with Gasteiger partial charge in [0.15, 0.2) is 0 Å². The van der Waals surface area contributed by atoms with Gasteiger partial charge in [0, 0.05) is 0 Å². The maximum absolute atomic E-state index is 11.3. The molecule has 0 aromatic heterocycles. The molecule has 2 atom stereocenters. The highest BCUT2D eigenvalue weighted by Gasteiger charge is 2.21. The Morgan fingerprint density at radius 1 is 1.25 bits per heavy atom. The summed E-state index contributed by atoms with van der Waals surface area (Å²) in [4.78, 5) is 11.3. The first-order valence-electron chi connectivity index (χ1n) is 5.38. The summed E-state index contributed by atoms with van der Waals surface area (Å²) in [5, 5.41) is 0. The summed E-state index contributed by atoms with van der Waals surface area (Å²) in [6.07, 6.45) is -0.146. The molecule has 2 unspecified atom stereocenters. The van der Waals surface area contributed by atoms with E-state index >= 15 is 0 Å². The predicted molar refractivity (Wildman–Crippen MR) is 61.9 cm³/mol. The Balaban J connectivity index is 2.41. The van der Waals surface area contributed by atoms with Gasteiger partial charge in [0.1, 0.15) is 0 Å². The molecule has 0 saturated heterocycles. The highest BCUT2D eigenvalue weighted by molar-refractivity contribution is 5.72. The van der Waals surface area contributed by atoms with E-state index in [0.29, 0.717) is 6.61 Å². The zero-order valence-corrected chi connectivity index (χ0v) is 9.97. The van der Waals surface area contributed by atoms with Crippen molar-refractivity contribution in [2.24, 2.45) is 5.92 Å². The molecule has 88 valence electrons. The molecular formula is C13H18O3. The third kappa shape index (κ3) is 3.66. The molecule has 0 fully saturated rings. The van der Waals surface area contributed by atoms with Crippen molar-refractivity contribution in [2.75, 3.05) is 7.11 Å². The lowest BCUT2D eigenvalue weighted by atomic mass is 10.1. The average molecular weight is 222 g/mol. The summed E-state index contributed by atoms with van der Waals surface area (Å²) in [5.41, 5.74) is 1.10. The minimum atomic E-state index is -0.242. The van der Waals surface area contributed by atoms with Crippen molar-refractivity contribution in [3.63, 3.8) is 0 Å². The van der Waals surface area contributed by atoms with Crippen LogP contribution < -0.4 is 0 Å². The molecule has 16 heavy (non-hydrogen) atoms. The van der Waals surface area contributed by atoms with Crippen LogP contribution in [-0.2, 0) is 20.9 Å². The number of hydrogen-bond donors (Lipinski definition) is 0. The van der Waals surface area contributed by atoms with Gasteiger partial charge < -0.3 is 9.47 Å². The van der Waals surface area contributed by atoms with E-state index in [9.17, 15) is 4.79 Å². The van der Waals surface area contributed by atoms with E-state index in [0.717, 1.165) is 5.56 Å². The normalized spacial score (nSPS) is 14.2. The number of carbonyl (C=O) groups excluding carboxylic acids is 1. The average Bonchev–Trinajstić information content (AvgIpc) is 2.35. The molecular weight excluding hydrogens is 204 g/mol. The van der Waals surface area contributed by atoms with Gasteiger partial charge in [-0.05, 0) is 19.4 Å². The second-order valence-electron chi connectivity index (χ2n) is 3.81. The van der Waals surface area contributed by atoms with Gasteiger partial charge in [-0.25, -0.2) is 0 Å². The van der Waals surface area contributed by atoms with Crippen LogP contribution in [0, 0.1) is 5.92 Å². The lowest BCUT2D eigenvalue weighted by molar-refractivity contribution is -0.150. The van der Waals surface area contributed by atoms with Crippen LogP contribution in [0.2, 0.25) is 0 Å². The van der Waals surface area contributed by atoms with Gasteiger partial charge in [0.2, 0.25) is 0 Å². The SMILES string of the molecule is COC(=O)C(C)C(C)OCc1ccccc1. The highest BCUT2D eigenvalue weighted by atomic mass is 16.5. The third-order valence-corrected chi connectivity index (χ3v) is 2.63. The maximum atomic E-state index is 11.3. The number of benzene rings is 1. The molecule has 0 radical (unpaired) electrons. The van der Waals surface area contributed by atoms with Crippen LogP contribution in [0.4, 0.5) is 0 Å². The summed E-state index contributed by atoms with van der Waals surface area (Å²) >= 11 is 0. The van der Waals surface area contributed by atoms with Crippen molar-refractivity contribution >= 4 is 5.97 Å². The minimum Gasteiger partial charge on any atom is -0.469 e. The summed E-state index contributed by atoms with van der Waals surface area (Å²) < 4.78 is 10.3. The van der Waals surface area contributed by atoms with Crippen LogP contribution in [0.25, 0.3) is 0 Å². The smallest absolute Gasteiger partial charge is 0.311 e. The van der Waals surface area contributed by atoms with Crippen molar-refractivity contribution in [3.05, 3.63) is 35.9 Å². The number of ether oxygens (including phenoxy) is 2. The zero-order valence-electron chi connectivity index (χ0n) is 9.97. The number of carbonyl (C=O) groups is 1. The molecule has 0 N–H and O–H groups in total. The Morgan fingerprint density at radius 2 is 1.88 bits per heavy atom. The fourth-order valence-corrected chi connectivity index (χ4v) is 1.32. The van der Waals surface area contributed by atoms with Crippen LogP contribution in [0.1, 0.15) is 19.4 Å². The molecule has 1 aromatic rings. The largest absolute Gasteiger partial charge is 0.469 e. The molecule has 3 heteroatoms. The van der Waals surface area contributed by atoms with Gasteiger partial charge in [-0.1, -0.05) is 30.3 Å². The van der Waals surface area contributed by atoms with Crippen molar-refractivity contribution < 1.29 is 14.3 Å². The molecule has 3 nitrogen and oxygen atoms in total. The maximum Gasteiger partial charge on any atom is 0.311 e. The lowest BCUT2D eigenvalue weighted by Crippen LogP contribution is -2.26. The summed E-state index contributed by atoms with van der Waals surface area (Å²) in [6.45, 7) is 4.20. The van der Waals surface area contributed by atoms with Gasteiger partial charge >= 0.3 is 5.97 Å². The van der Waals surface area contributed by atoms with Crippen LogP contribution >= 0.6 is 0 Å². The lowest BCUT2D eigenvalue weighted by Gasteiger charge is -2.18. The molecule has 0 aliphatic carbocycles. The molecule has 0 heterocycles. The molecule has 1 rings (SSSR count). The predicted octanol–water partition coefficient (Wildman–Crippen LogP) is 2.40. The van der Waals surface area contributed by atoms with E-state index in [-0.39, 0.29) is 18.0 Å². The van der Waals surface area contributed by atoms with Gasteiger partial charge in [0.25, 0.3) is 0 Å².